The fourth-order valence-electron chi connectivity index (χ4n) is 2.52. The Labute approximate surface area is 142 Å². The van der Waals surface area contributed by atoms with E-state index >= 15 is 0 Å². The molecule has 9 heteroatoms. The normalized spacial score (nSPS) is 13.8. The number of carbonyl (C=O) groups excluding carboxylic acids is 1. The number of nitro benzene ring substituents is 1. The SMILES string of the molecule is O=C(Nc1ccc(Cl)c([N+](=O)[O-])c1)c1cc(N2CCCC2)ncn1. The molecule has 3 rings (SSSR count). The number of benzene rings is 1. The van der Waals surface area contributed by atoms with E-state index in [1.165, 1.54) is 24.5 Å². The van der Waals surface area contributed by atoms with Crippen LogP contribution in [0.4, 0.5) is 17.2 Å². The maximum atomic E-state index is 12.3. The van der Waals surface area contributed by atoms with Crippen molar-refractivity contribution < 1.29 is 9.72 Å². The third-order valence-electron chi connectivity index (χ3n) is 3.72. The first kappa shape index (κ1) is 16.1. The molecule has 0 unspecified atom stereocenters. The Morgan fingerprint density at radius 2 is 2.00 bits per heavy atom. The summed E-state index contributed by atoms with van der Waals surface area (Å²) in [4.78, 5) is 32.9. The van der Waals surface area contributed by atoms with Gasteiger partial charge in [0.15, 0.2) is 0 Å². The van der Waals surface area contributed by atoms with Gasteiger partial charge in [-0.15, -0.1) is 0 Å². The minimum atomic E-state index is -0.603. The van der Waals surface area contributed by atoms with Gasteiger partial charge in [0, 0.05) is 30.9 Å². The van der Waals surface area contributed by atoms with E-state index in [1.54, 1.807) is 6.07 Å². The lowest BCUT2D eigenvalue weighted by Gasteiger charge is -2.16. The number of halogens is 1. The molecular formula is C15H14ClN5O3. The molecule has 0 saturated carbocycles. The highest BCUT2D eigenvalue weighted by atomic mass is 35.5. The fourth-order valence-corrected chi connectivity index (χ4v) is 2.70. The van der Waals surface area contributed by atoms with Gasteiger partial charge in [-0.2, -0.15) is 0 Å². The van der Waals surface area contributed by atoms with E-state index in [2.05, 4.69) is 20.2 Å². The first-order chi connectivity index (χ1) is 11.5. The van der Waals surface area contributed by atoms with E-state index in [-0.39, 0.29) is 22.1 Å². The number of aromatic nitrogens is 2. The van der Waals surface area contributed by atoms with Gasteiger partial charge in [0.25, 0.3) is 11.6 Å². The molecular weight excluding hydrogens is 334 g/mol. The minimum Gasteiger partial charge on any atom is -0.357 e. The summed E-state index contributed by atoms with van der Waals surface area (Å²) >= 11 is 5.76. The molecule has 8 nitrogen and oxygen atoms in total. The molecule has 0 aliphatic carbocycles. The van der Waals surface area contributed by atoms with Crippen molar-refractivity contribution in [1.82, 2.24) is 9.97 Å². The highest BCUT2D eigenvalue weighted by Gasteiger charge is 2.18. The monoisotopic (exact) mass is 347 g/mol. The minimum absolute atomic E-state index is 0.0105. The van der Waals surface area contributed by atoms with E-state index < -0.39 is 10.8 Å². The van der Waals surface area contributed by atoms with E-state index in [4.69, 9.17) is 11.6 Å². The number of nitrogens with one attached hydrogen (secondary N) is 1. The summed E-state index contributed by atoms with van der Waals surface area (Å²) in [5.41, 5.74) is 0.205. The Bertz CT molecular complexity index is 792. The van der Waals surface area contributed by atoms with Gasteiger partial charge in [-0.25, -0.2) is 9.97 Å². The quantitative estimate of drug-likeness (QED) is 0.674. The molecule has 0 radical (unpaired) electrons. The van der Waals surface area contributed by atoms with Crippen molar-refractivity contribution in [2.75, 3.05) is 23.3 Å². The zero-order chi connectivity index (χ0) is 17.1. The standard InChI is InChI=1S/C15H14ClN5O3/c16-11-4-3-10(7-13(11)21(23)24)19-15(22)12-8-14(18-9-17-12)20-5-1-2-6-20/h3-4,7-9H,1-2,5-6H2,(H,19,22). The zero-order valence-corrected chi connectivity index (χ0v) is 13.4. The molecule has 1 amide bonds. The number of nitro groups is 1. The fraction of sp³-hybridized carbons (Fsp3) is 0.267. The van der Waals surface area contributed by atoms with E-state index in [0.29, 0.717) is 5.82 Å². The van der Waals surface area contributed by atoms with Gasteiger partial charge in [0.1, 0.15) is 22.9 Å². The third kappa shape index (κ3) is 3.43. The molecule has 1 N–H and O–H groups in total. The van der Waals surface area contributed by atoms with E-state index in [9.17, 15) is 14.9 Å². The van der Waals surface area contributed by atoms with Crippen LogP contribution in [-0.4, -0.2) is 33.9 Å². The van der Waals surface area contributed by atoms with Crippen LogP contribution >= 0.6 is 11.6 Å². The van der Waals surface area contributed by atoms with Crippen molar-refractivity contribution in [3.8, 4) is 0 Å². The van der Waals surface area contributed by atoms with Gasteiger partial charge in [0.05, 0.1) is 4.92 Å². The number of amides is 1. The Morgan fingerprint density at radius 1 is 1.25 bits per heavy atom. The van der Waals surface area contributed by atoms with Crippen molar-refractivity contribution >= 4 is 34.7 Å². The predicted octanol–water partition coefficient (Wildman–Crippen LogP) is 2.89. The molecule has 1 saturated heterocycles. The maximum absolute atomic E-state index is 12.3. The zero-order valence-electron chi connectivity index (χ0n) is 12.6. The summed E-state index contributed by atoms with van der Waals surface area (Å²) in [6, 6.07) is 5.69. The second-order valence-corrected chi connectivity index (χ2v) is 5.74. The van der Waals surface area contributed by atoms with Gasteiger partial charge in [-0.05, 0) is 25.0 Å². The van der Waals surface area contributed by atoms with Crippen molar-refractivity contribution in [2.24, 2.45) is 0 Å². The molecule has 1 aliphatic rings. The molecule has 2 aromatic rings. The molecule has 124 valence electrons. The van der Waals surface area contributed by atoms with Gasteiger partial charge >= 0.3 is 0 Å². The first-order valence-corrected chi connectivity index (χ1v) is 7.74. The van der Waals surface area contributed by atoms with Gasteiger partial charge in [-0.1, -0.05) is 11.6 Å². The lowest BCUT2D eigenvalue weighted by atomic mass is 10.2. The van der Waals surface area contributed by atoms with Gasteiger partial charge in [0.2, 0.25) is 0 Å². The summed E-state index contributed by atoms with van der Waals surface area (Å²) in [6.45, 7) is 1.81. The highest BCUT2D eigenvalue weighted by Crippen LogP contribution is 2.27. The van der Waals surface area contributed by atoms with Gasteiger partial charge < -0.3 is 10.2 Å². The molecule has 0 bridgehead atoms. The number of hydrogen-bond acceptors (Lipinski definition) is 6. The Morgan fingerprint density at radius 3 is 2.71 bits per heavy atom. The van der Waals surface area contributed by atoms with Crippen LogP contribution in [0.2, 0.25) is 5.02 Å². The van der Waals surface area contributed by atoms with Crippen LogP contribution in [0.1, 0.15) is 23.3 Å². The topological polar surface area (TPSA) is 101 Å². The van der Waals surface area contributed by atoms with Crippen LogP contribution < -0.4 is 10.2 Å². The smallest absolute Gasteiger partial charge is 0.289 e. The predicted molar refractivity (Wildman–Crippen MR) is 89.5 cm³/mol. The summed E-state index contributed by atoms with van der Waals surface area (Å²) in [5.74, 6) is 0.240. The van der Waals surface area contributed by atoms with Crippen LogP contribution in [0.3, 0.4) is 0 Å². The van der Waals surface area contributed by atoms with E-state index in [1.807, 2.05) is 0 Å². The maximum Gasteiger partial charge on any atom is 0.289 e. The van der Waals surface area contributed by atoms with Crippen LogP contribution in [0, 0.1) is 10.1 Å². The summed E-state index contributed by atoms with van der Waals surface area (Å²) in [6.07, 6.45) is 3.53. The summed E-state index contributed by atoms with van der Waals surface area (Å²) in [7, 11) is 0. The lowest BCUT2D eigenvalue weighted by Crippen LogP contribution is -2.21. The Kier molecular flexibility index (Phi) is 4.57. The number of nitrogens with zero attached hydrogens (tertiary/aromatic N) is 4. The third-order valence-corrected chi connectivity index (χ3v) is 4.04. The molecule has 1 aromatic heterocycles. The molecule has 24 heavy (non-hydrogen) atoms. The number of anilines is 2. The molecule has 0 atom stereocenters. The Balaban J connectivity index is 1.79. The Hall–Kier alpha value is -2.74. The summed E-state index contributed by atoms with van der Waals surface area (Å²) < 4.78 is 0. The van der Waals surface area contributed by atoms with Crippen LogP contribution in [0.25, 0.3) is 0 Å². The second-order valence-electron chi connectivity index (χ2n) is 5.33. The summed E-state index contributed by atoms with van der Waals surface area (Å²) in [5, 5.41) is 13.5. The average molecular weight is 348 g/mol. The van der Waals surface area contributed by atoms with Crippen molar-refractivity contribution in [3.63, 3.8) is 0 Å². The average Bonchev–Trinajstić information content (AvgIpc) is 3.11. The molecule has 0 spiro atoms. The first-order valence-electron chi connectivity index (χ1n) is 7.37. The lowest BCUT2D eigenvalue weighted by molar-refractivity contribution is -0.384. The molecule has 2 heterocycles. The van der Waals surface area contributed by atoms with Crippen LogP contribution in [-0.2, 0) is 0 Å². The van der Waals surface area contributed by atoms with E-state index in [0.717, 1.165) is 25.9 Å². The largest absolute Gasteiger partial charge is 0.357 e. The molecule has 1 aromatic carbocycles. The molecule has 1 aliphatic heterocycles. The number of rotatable bonds is 4. The van der Waals surface area contributed by atoms with Crippen molar-refractivity contribution in [2.45, 2.75) is 12.8 Å². The van der Waals surface area contributed by atoms with Crippen LogP contribution in [0.5, 0.6) is 0 Å². The highest BCUT2D eigenvalue weighted by molar-refractivity contribution is 6.32. The van der Waals surface area contributed by atoms with Gasteiger partial charge in [-0.3, -0.25) is 14.9 Å². The molecule has 1 fully saturated rings. The number of hydrogen-bond donors (Lipinski definition) is 1. The van der Waals surface area contributed by atoms with Crippen molar-refractivity contribution in [3.05, 3.63) is 51.4 Å². The number of carbonyl (C=O) groups is 1. The second kappa shape index (κ2) is 6.79. The van der Waals surface area contributed by atoms with Crippen molar-refractivity contribution in [1.29, 1.82) is 0 Å². The van der Waals surface area contributed by atoms with Crippen LogP contribution in [0.15, 0.2) is 30.6 Å².